The summed E-state index contributed by atoms with van der Waals surface area (Å²) < 4.78 is 4.91. The molecule has 1 aromatic heterocycles. The van der Waals surface area contributed by atoms with Crippen molar-refractivity contribution in [2.24, 2.45) is 14.1 Å². The quantitative estimate of drug-likeness (QED) is 0.537. The summed E-state index contributed by atoms with van der Waals surface area (Å²) in [6, 6.07) is 0. The van der Waals surface area contributed by atoms with Crippen LogP contribution in [-0.4, -0.2) is 9.13 Å². The lowest BCUT2D eigenvalue weighted by Gasteiger charge is -2.09. The molecule has 0 amide bonds. The van der Waals surface area contributed by atoms with E-state index in [0.717, 1.165) is 4.57 Å². The van der Waals surface area contributed by atoms with Gasteiger partial charge in [0.05, 0.1) is 22.9 Å². The third kappa shape index (κ3) is 1.43. The average Bonchev–Trinajstić information content (AvgIpc) is 2.13. The standard InChI is InChI=1S/C6H9IN4O2/c1-10-4(9-7)3(8)5(12)11(2)6(10)13/h9H,8H2,1-2H3. The van der Waals surface area contributed by atoms with E-state index in [9.17, 15) is 9.59 Å². The van der Waals surface area contributed by atoms with Crippen molar-refractivity contribution in [1.82, 2.24) is 9.13 Å². The van der Waals surface area contributed by atoms with E-state index in [0.29, 0.717) is 5.82 Å². The van der Waals surface area contributed by atoms with Crippen LogP contribution < -0.4 is 20.5 Å². The number of nitrogens with one attached hydrogen (secondary N) is 1. The van der Waals surface area contributed by atoms with Crippen molar-refractivity contribution in [3.8, 4) is 0 Å². The van der Waals surface area contributed by atoms with E-state index in [2.05, 4.69) is 3.53 Å². The topological polar surface area (TPSA) is 82.1 Å². The smallest absolute Gasteiger partial charge is 0.332 e. The van der Waals surface area contributed by atoms with Crippen molar-refractivity contribution in [3.63, 3.8) is 0 Å². The maximum absolute atomic E-state index is 11.3. The predicted octanol–water partition coefficient (Wildman–Crippen LogP) is -0.572. The summed E-state index contributed by atoms with van der Waals surface area (Å²) in [7, 11) is 2.93. The van der Waals surface area contributed by atoms with Crippen LogP contribution in [0.1, 0.15) is 0 Å². The van der Waals surface area contributed by atoms with Gasteiger partial charge in [0.1, 0.15) is 11.5 Å². The number of nitrogen functional groups attached to an aromatic ring is 1. The molecule has 6 nitrogen and oxygen atoms in total. The van der Waals surface area contributed by atoms with Crippen LogP contribution >= 0.6 is 22.9 Å². The fourth-order valence-corrected chi connectivity index (χ4v) is 1.64. The highest BCUT2D eigenvalue weighted by Gasteiger charge is 2.10. The lowest BCUT2D eigenvalue weighted by Crippen LogP contribution is -2.39. The first-order chi connectivity index (χ1) is 6.00. The van der Waals surface area contributed by atoms with Crippen molar-refractivity contribution in [3.05, 3.63) is 20.8 Å². The summed E-state index contributed by atoms with van der Waals surface area (Å²) in [6.07, 6.45) is 0. The number of halogens is 1. The Kier molecular flexibility index (Phi) is 2.64. The largest absolute Gasteiger partial charge is 0.391 e. The highest BCUT2D eigenvalue weighted by atomic mass is 127. The van der Waals surface area contributed by atoms with Crippen molar-refractivity contribution in [2.75, 3.05) is 9.26 Å². The van der Waals surface area contributed by atoms with Crippen LogP contribution in [-0.2, 0) is 14.1 Å². The predicted molar refractivity (Wildman–Crippen MR) is 59.0 cm³/mol. The molecule has 7 heteroatoms. The fourth-order valence-electron chi connectivity index (χ4n) is 0.984. The molecule has 0 radical (unpaired) electrons. The van der Waals surface area contributed by atoms with E-state index in [1.54, 1.807) is 7.05 Å². The molecule has 0 spiro atoms. The van der Waals surface area contributed by atoms with Crippen molar-refractivity contribution in [2.45, 2.75) is 0 Å². The zero-order chi connectivity index (χ0) is 10.2. The van der Waals surface area contributed by atoms with Gasteiger partial charge in [0, 0.05) is 14.1 Å². The molecule has 0 aliphatic rings. The second kappa shape index (κ2) is 3.40. The van der Waals surface area contributed by atoms with Crippen LogP contribution in [0.3, 0.4) is 0 Å². The summed E-state index contributed by atoms with van der Waals surface area (Å²) in [5, 5.41) is 0. The lowest BCUT2D eigenvalue weighted by atomic mass is 10.4. The third-order valence-electron chi connectivity index (χ3n) is 1.79. The molecule has 0 aliphatic heterocycles. The SMILES string of the molecule is Cn1c(NI)c(N)c(=O)n(C)c1=O. The van der Waals surface area contributed by atoms with Crippen LogP contribution in [0.5, 0.6) is 0 Å². The van der Waals surface area contributed by atoms with Gasteiger partial charge in [-0.05, 0) is 0 Å². The molecule has 3 N–H and O–H groups in total. The molecule has 0 aromatic carbocycles. The molecule has 0 fully saturated rings. The Hall–Kier alpha value is -0.990. The van der Waals surface area contributed by atoms with Gasteiger partial charge in [-0.2, -0.15) is 0 Å². The van der Waals surface area contributed by atoms with Gasteiger partial charge < -0.3 is 9.26 Å². The summed E-state index contributed by atoms with van der Waals surface area (Å²) in [6.45, 7) is 0. The van der Waals surface area contributed by atoms with Crippen molar-refractivity contribution >= 4 is 34.4 Å². The molecule has 13 heavy (non-hydrogen) atoms. The van der Waals surface area contributed by atoms with Gasteiger partial charge in [0.15, 0.2) is 0 Å². The van der Waals surface area contributed by atoms with Gasteiger partial charge >= 0.3 is 5.69 Å². The van der Waals surface area contributed by atoms with Crippen molar-refractivity contribution in [1.29, 1.82) is 0 Å². The Labute approximate surface area is 87.9 Å². The minimum absolute atomic E-state index is 0.0407. The summed E-state index contributed by atoms with van der Waals surface area (Å²) >= 11 is 1.81. The Morgan fingerprint density at radius 3 is 2.31 bits per heavy atom. The van der Waals surface area contributed by atoms with E-state index >= 15 is 0 Å². The molecule has 1 aromatic rings. The Morgan fingerprint density at radius 2 is 1.85 bits per heavy atom. The minimum Gasteiger partial charge on any atom is -0.391 e. The second-order valence-electron chi connectivity index (χ2n) is 2.56. The van der Waals surface area contributed by atoms with Gasteiger partial charge in [-0.25, -0.2) is 4.79 Å². The first kappa shape index (κ1) is 10.1. The Bertz CT molecular complexity index is 410. The minimum atomic E-state index is -0.484. The first-order valence-corrected chi connectivity index (χ1v) is 4.50. The van der Waals surface area contributed by atoms with Crippen molar-refractivity contribution < 1.29 is 0 Å². The van der Waals surface area contributed by atoms with Crippen LogP contribution in [0.4, 0.5) is 11.5 Å². The molecule has 72 valence electrons. The number of nitrogens with two attached hydrogens (primary N) is 1. The van der Waals surface area contributed by atoms with Crippen LogP contribution in [0, 0.1) is 0 Å². The monoisotopic (exact) mass is 296 g/mol. The maximum atomic E-state index is 11.3. The van der Waals surface area contributed by atoms with E-state index in [1.165, 1.54) is 11.6 Å². The summed E-state index contributed by atoms with van der Waals surface area (Å²) in [5.74, 6) is 0.328. The molecule has 1 rings (SSSR count). The summed E-state index contributed by atoms with van der Waals surface area (Å²) in [4.78, 5) is 22.7. The fraction of sp³-hybridized carbons (Fsp3) is 0.333. The number of anilines is 2. The molecule has 0 bridgehead atoms. The number of rotatable bonds is 1. The molecular formula is C6H9IN4O2. The van der Waals surface area contributed by atoms with Gasteiger partial charge in [-0.3, -0.25) is 13.9 Å². The van der Waals surface area contributed by atoms with Gasteiger partial charge in [0.25, 0.3) is 5.56 Å². The molecule has 0 atom stereocenters. The Morgan fingerprint density at radius 1 is 1.31 bits per heavy atom. The number of nitrogens with zero attached hydrogens (tertiary/aromatic N) is 2. The molecule has 0 saturated heterocycles. The van der Waals surface area contributed by atoms with E-state index in [4.69, 9.17) is 5.73 Å². The third-order valence-corrected chi connectivity index (χ3v) is 2.30. The molecule has 1 heterocycles. The average molecular weight is 296 g/mol. The number of hydrogen-bond donors (Lipinski definition) is 2. The normalized spacial score (nSPS) is 10.1. The van der Waals surface area contributed by atoms with E-state index in [1.807, 2.05) is 22.9 Å². The number of hydrogen-bond acceptors (Lipinski definition) is 4. The molecule has 0 aliphatic carbocycles. The van der Waals surface area contributed by atoms with Gasteiger partial charge in [-0.15, -0.1) is 0 Å². The highest BCUT2D eigenvalue weighted by molar-refractivity contribution is 14.1. The summed E-state index contributed by atoms with van der Waals surface area (Å²) in [5.41, 5.74) is 4.66. The second-order valence-corrected chi connectivity index (χ2v) is 3.10. The molecular weight excluding hydrogens is 287 g/mol. The van der Waals surface area contributed by atoms with Crippen LogP contribution in [0.25, 0.3) is 0 Å². The maximum Gasteiger partial charge on any atom is 0.332 e. The number of aromatic nitrogens is 2. The first-order valence-electron chi connectivity index (χ1n) is 3.42. The highest BCUT2D eigenvalue weighted by Crippen LogP contribution is 2.11. The van der Waals surface area contributed by atoms with E-state index in [-0.39, 0.29) is 5.69 Å². The molecule has 0 saturated carbocycles. The Balaban J connectivity index is 3.78. The van der Waals surface area contributed by atoms with Gasteiger partial charge in [-0.1, -0.05) is 0 Å². The van der Waals surface area contributed by atoms with E-state index < -0.39 is 11.2 Å². The zero-order valence-electron chi connectivity index (χ0n) is 7.17. The van der Waals surface area contributed by atoms with Crippen LogP contribution in [0.2, 0.25) is 0 Å². The van der Waals surface area contributed by atoms with Gasteiger partial charge in [0.2, 0.25) is 0 Å². The lowest BCUT2D eigenvalue weighted by molar-refractivity contribution is 0.698. The van der Waals surface area contributed by atoms with Crippen LogP contribution in [0.15, 0.2) is 9.59 Å². The molecule has 0 unspecified atom stereocenters. The zero-order valence-corrected chi connectivity index (χ0v) is 9.32.